The Morgan fingerprint density at radius 2 is 1.67 bits per heavy atom. The van der Waals surface area contributed by atoms with Crippen molar-refractivity contribution in [2.75, 3.05) is 33.2 Å². The topological polar surface area (TPSA) is 81.2 Å². The largest absolute Gasteiger partial charge is 0.478 e. The Hall–Kier alpha value is -2.25. The van der Waals surface area contributed by atoms with Gasteiger partial charge in [-0.3, -0.25) is 9.59 Å². The highest BCUT2D eigenvalue weighted by Crippen LogP contribution is 2.26. The van der Waals surface area contributed by atoms with E-state index in [4.69, 9.17) is 5.11 Å². The summed E-state index contributed by atoms with van der Waals surface area (Å²) < 4.78 is 0. The molecule has 0 saturated carbocycles. The van der Waals surface area contributed by atoms with Crippen molar-refractivity contribution in [1.29, 1.82) is 0 Å². The van der Waals surface area contributed by atoms with Gasteiger partial charge in [-0.1, -0.05) is 0 Å². The first-order chi connectivity index (χ1) is 9.99. The third kappa shape index (κ3) is 2.20. The zero-order valence-electron chi connectivity index (χ0n) is 11.6. The number of amides is 2. The van der Waals surface area contributed by atoms with Crippen LogP contribution in [0.2, 0.25) is 0 Å². The summed E-state index contributed by atoms with van der Waals surface area (Å²) >= 11 is 0. The number of carbonyl (C=O) groups excluding carboxylic acids is 2. The molecule has 0 aromatic heterocycles. The normalized spacial score (nSPS) is 20.0. The number of nitrogens with zero attached hydrogens (tertiary/aromatic N) is 3. The van der Waals surface area contributed by atoms with Crippen molar-refractivity contribution in [1.82, 2.24) is 14.9 Å². The summed E-state index contributed by atoms with van der Waals surface area (Å²) in [5.74, 6) is -1.93. The summed E-state index contributed by atoms with van der Waals surface area (Å²) in [6.07, 6.45) is 0. The predicted octanol–water partition coefficient (Wildman–Crippen LogP) is 0.143. The van der Waals surface area contributed by atoms with Gasteiger partial charge in [0, 0.05) is 26.2 Å². The van der Waals surface area contributed by atoms with Gasteiger partial charge in [0.1, 0.15) is 0 Å². The van der Waals surface area contributed by atoms with Gasteiger partial charge >= 0.3 is 5.97 Å². The van der Waals surface area contributed by atoms with Crippen LogP contribution in [0.15, 0.2) is 18.2 Å². The Balaban J connectivity index is 1.91. The number of rotatable bonds is 2. The molecule has 21 heavy (non-hydrogen) atoms. The first-order valence-electron chi connectivity index (χ1n) is 6.68. The van der Waals surface area contributed by atoms with Crippen LogP contribution in [-0.4, -0.2) is 71.0 Å². The van der Waals surface area contributed by atoms with Crippen LogP contribution < -0.4 is 0 Å². The van der Waals surface area contributed by atoms with Gasteiger partial charge < -0.3 is 10.0 Å². The van der Waals surface area contributed by atoms with E-state index in [1.54, 1.807) is 5.01 Å². The second-order valence-corrected chi connectivity index (χ2v) is 5.24. The maximum atomic E-state index is 12.4. The van der Waals surface area contributed by atoms with Gasteiger partial charge in [-0.2, -0.15) is 0 Å². The third-order valence-electron chi connectivity index (χ3n) is 3.87. The number of fused-ring (bicyclic) bond motifs is 1. The summed E-state index contributed by atoms with van der Waals surface area (Å²) in [6.45, 7) is 2.73. The van der Waals surface area contributed by atoms with Crippen LogP contribution in [0.5, 0.6) is 0 Å². The van der Waals surface area contributed by atoms with E-state index >= 15 is 0 Å². The molecule has 0 unspecified atom stereocenters. The molecule has 110 valence electrons. The summed E-state index contributed by atoms with van der Waals surface area (Å²) in [5, 5.41) is 11.9. The molecule has 0 aliphatic carbocycles. The van der Waals surface area contributed by atoms with E-state index in [9.17, 15) is 14.4 Å². The fourth-order valence-electron chi connectivity index (χ4n) is 2.61. The summed E-state index contributed by atoms with van der Waals surface area (Å²) in [7, 11) is 1.98. The minimum absolute atomic E-state index is 0.00938. The predicted molar refractivity (Wildman–Crippen MR) is 73.0 cm³/mol. The second kappa shape index (κ2) is 4.94. The Bertz CT molecular complexity index is 635. The van der Waals surface area contributed by atoms with Gasteiger partial charge in [0.05, 0.1) is 16.7 Å². The quantitative estimate of drug-likeness (QED) is 0.780. The highest BCUT2D eigenvalue weighted by atomic mass is 16.4. The summed E-state index contributed by atoms with van der Waals surface area (Å²) in [6, 6.07) is 4.03. The van der Waals surface area contributed by atoms with Crippen LogP contribution >= 0.6 is 0 Å². The van der Waals surface area contributed by atoms with Crippen LogP contribution in [0.25, 0.3) is 0 Å². The number of hydrogen-bond acceptors (Lipinski definition) is 5. The lowest BCUT2D eigenvalue weighted by atomic mass is 10.1. The zero-order chi connectivity index (χ0) is 15.1. The number of imide groups is 1. The van der Waals surface area contributed by atoms with Crippen molar-refractivity contribution in [3.8, 4) is 0 Å². The van der Waals surface area contributed by atoms with E-state index in [0.29, 0.717) is 13.1 Å². The molecule has 1 fully saturated rings. The average Bonchev–Trinajstić information content (AvgIpc) is 2.72. The van der Waals surface area contributed by atoms with E-state index in [1.165, 1.54) is 18.2 Å². The summed E-state index contributed by atoms with van der Waals surface area (Å²) in [4.78, 5) is 37.9. The fraction of sp³-hybridized carbons (Fsp3) is 0.357. The molecule has 1 aromatic carbocycles. The molecule has 0 bridgehead atoms. The Labute approximate surface area is 121 Å². The molecule has 3 rings (SSSR count). The SMILES string of the molecule is CN1CCN(N2C(=O)c3ccc(C(=O)O)cc3C2=O)CC1. The van der Waals surface area contributed by atoms with Gasteiger partial charge in [0.2, 0.25) is 0 Å². The second-order valence-electron chi connectivity index (χ2n) is 5.24. The maximum Gasteiger partial charge on any atom is 0.335 e. The Morgan fingerprint density at radius 1 is 1.05 bits per heavy atom. The number of carboxylic acids is 1. The van der Waals surface area contributed by atoms with E-state index in [-0.39, 0.29) is 22.6 Å². The molecule has 2 aliphatic heterocycles. The molecule has 0 atom stereocenters. The molecule has 0 spiro atoms. The number of hydrogen-bond donors (Lipinski definition) is 1. The summed E-state index contributed by atoms with van der Waals surface area (Å²) in [5.41, 5.74) is 0.442. The number of benzene rings is 1. The standard InChI is InChI=1S/C14H15N3O4/c1-15-4-6-16(7-5-15)17-12(18)10-3-2-9(14(20)21)8-11(10)13(17)19/h2-3,8H,4-7H2,1H3,(H,20,21). The van der Waals surface area contributed by atoms with E-state index in [0.717, 1.165) is 18.1 Å². The van der Waals surface area contributed by atoms with Crippen molar-refractivity contribution < 1.29 is 19.5 Å². The van der Waals surface area contributed by atoms with Crippen molar-refractivity contribution in [3.05, 3.63) is 34.9 Å². The first-order valence-corrected chi connectivity index (χ1v) is 6.68. The number of carbonyl (C=O) groups is 3. The highest BCUT2D eigenvalue weighted by molar-refractivity contribution is 6.21. The Morgan fingerprint density at radius 3 is 2.29 bits per heavy atom. The lowest BCUT2D eigenvalue weighted by Crippen LogP contribution is -2.54. The van der Waals surface area contributed by atoms with Crippen molar-refractivity contribution in [2.24, 2.45) is 0 Å². The van der Waals surface area contributed by atoms with Gasteiger partial charge in [-0.05, 0) is 25.2 Å². The minimum atomic E-state index is -1.11. The van der Waals surface area contributed by atoms with Gasteiger partial charge in [0.25, 0.3) is 11.8 Å². The molecule has 1 N–H and O–H groups in total. The number of aromatic carboxylic acids is 1. The molecule has 2 amide bonds. The lowest BCUT2D eigenvalue weighted by molar-refractivity contribution is -0.0176. The molecule has 7 heteroatoms. The average molecular weight is 289 g/mol. The van der Waals surface area contributed by atoms with Gasteiger partial charge in [-0.15, -0.1) is 0 Å². The Kier molecular flexibility index (Phi) is 3.23. The minimum Gasteiger partial charge on any atom is -0.478 e. The maximum absolute atomic E-state index is 12.4. The van der Waals surface area contributed by atoms with Gasteiger partial charge in [-0.25, -0.2) is 14.8 Å². The van der Waals surface area contributed by atoms with Crippen LogP contribution in [0.4, 0.5) is 0 Å². The number of piperazine rings is 1. The van der Waals surface area contributed by atoms with Crippen LogP contribution in [0.3, 0.4) is 0 Å². The monoisotopic (exact) mass is 289 g/mol. The molecular formula is C14H15N3O4. The van der Waals surface area contributed by atoms with Gasteiger partial charge in [0.15, 0.2) is 0 Å². The molecular weight excluding hydrogens is 274 g/mol. The van der Waals surface area contributed by atoms with Crippen molar-refractivity contribution >= 4 is 17.8 Å². The molecule has 2 aliphatic rings. The lowest BCUT2D eigenvalue weighted by Gasteiger charge is -2.36. The molecule has 0 radical (unpaired) electrons. The van der Waals surface area contributed by atoms with Crippen LogP contribution in [0.1, 0.15) is 31.1 Å². The third-order valence-corrected chi connectivity index (χ3v) is 3.87. The smallest absolute Gasteiger partial charge is 0.335 e. The highest BCUT2D eigenvalue weighted by Gasteiger charge is 2.40. The van der Waals surface area contributed by atoms with E-state index in [1.807, 2.05) is 7.05 Å². The molecule has 7 nitrogen and oxygen atoms in total. The van der Waals surface area contributed by atoms with Crippen LogP contribution in [-0.2, 0) is 0 Å². The fourth-order valence-corrected chi connectivity index (χ4v) is 2.61. The molecule has 1 aromatic rings. The number of hydrazine groups is 1. The van der Waals surface area contributed by atoms with Crippen LogP contribution in [0, 0.1) is 0 Å². The number of likely N-dealkylation sites (N-methyl/N-ethyl adjacent to an activating group) is 1. The van der Waals surface area contributed by atoms with E-state index in [2.05, 4.69) is 4.90 Å². The molecule has 2 heterocycles. The molecule has 1 saturated heterocycles. The first kappa shape index (κ1) is 13.7. The van der Waals surface area contributed by atoms with Crippen molar-refractivity contribution in [2.45, 2.75) is 0 Å². The number of carboxylic acid groups (broad SMARTS) is 1. The zero-order valence-corrected chi connectivity index (χ0v) is 11.6. The van der Waals surface area contributed by atoms with E-state index < -0.39 is 11.9 Å². The van der Waals surface area contributed by atoms with Crippen molar-refractivity contribution in [3.63, 3.8) is 0 Å².